The molecule has 1 N–H and O–H groups in total. The number of nitrogens with zero attached hydrogens (tertiary/aromatic N) is 1. The fraction of sp³-hybridized carbons (Fsp3) is 0.500. The van der Waals surface area contributed by atoms with Crippen molar-refractivity contribution in [1.29, 1.82) is 0 Å². The third kappa shape index (κ3) is 2.33. The predicted molar refractivity (Wildman–Crippen MR) is 81.4 cm³/mol. The summed E-state index contributed by atoms with van der Waals surface area (Å²) in [5.74, 6) is 0. The van der Waals surface area contributed by atoms with Crippen LogP contribution in [0.2, 0.25) is 0 Å². The molecule has 4 atom stereocenters. The Bertz CT molecular complexity index is 653. The van der Waals surface area contributed by atoms with Crippen LogP contribution in [0.25, 0.3) is 0 Å². The van der Waals surface area contributed by atoms with Gasteiger partial charge in [-0.3, -0.25) is 0 Å². The molecule has 2 aliphatic rings. The molecule has 1 heterocycles. The van der Waals surface area contributed by atoms with Gasteiger partial charge in [-0.25, -0.2) is 8.42 Å². The molecular formula is C16H21NO3S. The molecule has 0 amide bonds. The molecule has 21 heavy (non-hydrogen) atoms. The first-order valence-electron chi connectivity index (χ1n) is 7.34. The highest BCUT2D eigenvalue weighted by Crippen LogP contribution is 2.50. The van der Waals surface area contributed by atoms with Crippen molar-refractivity contribution in [1.82, 2.24) is 4.31 Å². The average molecular weight is 307 g/mol. The van der Waals surface area contributed by atoms with Crippen molar-refractivity contribution < 1.29 is 13.5 Å². The molecule has 1 saturated heterocycles. The van der Waals surface area contributed by atoms with Gasteiger partial charge in [-0.05, 0) is 44.7 Å². The predicted octanol–water partition coefficient (Wildman–Crippen LogP) is 2.23. The fourth-order valence-corrected chi connectivity index (χ4v) is 5.42. The van der Waals surface area contributed by atoms with E-state index in [2.05, 4.69) is 6.58 Å². The van der Waals surface area contributed by atoms with Crippen LogP contribution in [0.5, 0.6) is 0 Å². The normalized spacial score (nSPS) is 35.0. The van der Waals surface area contributed by atoms with Crippen molar-refractivity contribution in [3.8, 4) is 0 Å². The minimum absolute atomic E-state index is 0.0602. The number of aliphatic hydroxyl groups is 1. The first-order valence-corrected chi connectivity index (χ1v) is 8.78. The monoisotopic (exact) mass is 307 g/mol. The van der Waals surface area contributed by atoms with Crippen LogP contribution in [0.1, 0.15) is 31.2 Å². The van der Waals surface area contributed by atoms with Crippen LogP contribution in [-0.2, 0) is 10.0 Å². The van der Waals surface area contributed by atoms with E-state index < -0.39 is 15.6 Å². The molecule has 0 radical (unpaired) electrons. The Morgan fingerprint density at radius 3 is 2.71 bits per heavy atom. The van der Waals surface area contributed by atoms with Gasteiger partial charge < -0.3 is 5.11 Å². The molecule has 1 aromatic carbocycles. The minimum Gasteiger partial charge on any atom is -0.388 e. The van der Waals surface area contributed by atoms with Crippen molar-refractivity contribution in [3.63, 3.8) is 0 Å². The summed E-state index contributed by atoms with van der Waals surface area (Å²) in [6, 6.07) is 6.53. The molecule has 1 aliphatic carbocycles. The SMILES string of the molecule is C=CC[C@@]1(O)CCC[C@H]2[C@@H]1N2S(=O)(=O)c1ccc(C)cc1. The van der Waals surface area contributed by atoms with Crippen molar-refractivity contribution in [2.75, 3.05) is 0 Å². The van der Waals surface area contributed by atoms with E-state index >= 15 is 0 Å². The van der Waals surface area contributed by atoms with Crippen LogP contribution in [-0.4, -0.2) is 35.5 Å². The molecular weight excluding hydrogens is 286 g/mol. The number of sulfonamides is 1. The molecule has 1 unspecified atom stereocenters. The zero-order chi connectivity index (χ0) is 15.3. The highest BCUT2D eigenvalue weighted by Gasteiger charge is 2.65. The molecule has 4 nitrogen and oxygen atoms in total. The molecule has 1 aliphatic heterocycles. The summed E-state index contributed by atoms with van der Waals surface area (Å²) in [5, 5.41) is 10.7. The van der Waals surface area contributed by atoms with Gasteiger partial charge in [-0.15, -0.1) is 6.58 Å². The fourth-order valence-electron chi connectivity index (χ4n) is 3.54. The molecule has 1 aromatic rings. The molecule has 114 valence electrons. The Hall–Kier alpha value is -1.17. The number of hydrogen-bond donors (Lipinski definition) is 1. The summed E-state index contributed by atoms with van der Waals surface area (Å²) in [5.41, 5.74) is 0.0722. The number of benzene rings is 1. The first kappa shape index (κ1) is 14.8. The van der Waals surface area contributed by atoms with Crippen molar-refractivity contribution in [2.24, 2.45) is 0 Å². The second-order valence-corrected chi connectivity index (χ2v) is 7.99. The lowest BCUT2D eigenvalue weighted by Gasteiger charge is -2.29. The van der Waals surface area contributed by atoms with E-state index in [1.165, 1.54) is 4.31 Å². The van der Waals surface area contributed by atoms with Gasteiger partial charge in [0.05, 0.1) is 16.5 Å². The topological polar surface area (TPSA) is 57.4 Å². The maximum Gasteiger partial charge on any atom is 0.243 e. The highest BCUT2D eigenvalue weighted by atomic mass is 32.2. The van der Waals surface area contributed by atoms with Crippen LogP contribution < -0.4 is 0 Å². The smallest absolute Gasteiger partial charge is 0.243 e. The number of fused-ring (bicyclic) bond motifs is 1. The van der Waals surface area contributed by atoms with E-state index in [-0.39, 0.29) is 12.1 Å². The van der Waals surface area contributed by atoms with E-state index in [1.807, 2.05) is 6.92 Å². The van der Waals surface area contributed by atoms with E-state index in [9.17, 15) is 13.5 Å². The Labute approximate surface area is 126 Å². The summed E-state index contributed by atoms with van der Waals surface area (Å²) < 4.78 is 27.0. The highest BCUT2D eigenvalue weighted by molar-refractivity contribution is 7.89. The molecule has 0 spiro atoms. The van der Waals surface area contributed by atoms with Gasteiger partial charge in [0.2, 0.25) is 10.0 Å². The maximum atomic E-state index is 12.8. The lowest BCUT2D eigenvalue weighted by Crippen LogP contribution is -2.40. The zero-order valence-electron chi connectivity index (χ0n) is 12.2. The summed E-state index contributed by atoms with van der Waals surface area (Å²) in [6.45, 7) is 5.61. The third-order valence-electron chi connectivity index (χ3n) is 4.63. The second kappa shape index (κ2) is 4.93. The van der Waals surface area contributed by atoms with Gasteiger partial charge in [0.15, 0.2) is 0 Å². The zero-order valence-corrected chi connectivity index (χ0v) is 13.0. The summed E-state index contributed by atoms with van der Waals surface area (Å²) >= 11 is 0. The third-order valence-corrected chi connectivity index (χ3v) is 6.55. The Balaban J connectivity index is 1.91. The molecule has 5 heteroatoms. The van der Waals surface area contributed by atoms with Gasteiger partial charge in [-0.1, -0.05) is 23.8 Å². The Morgan fingerprint density at radius 2 is 2.10 bits per heavy atom. The van der Waals surface area contributed by atoms with Gasteiger partial charge in [0.25, 0.3) is 0 Å². The summed E-state index contributed by atoms with van der Waals surface area (Å²) in [7, 11) is -3.52. The van der Waals surface area contributed by atoms with Crippen LogP contribution in [0.3, 0.4) is 0 Å². The molecule has 1 saturated carbocycles. The molecule has 2 fully saturated rings. The number of aryl methyl sites for hydroxylation is 1. The average Bonchev–Trinajstić information content (AvgIpc) is 3.16. The lowest BCUT2D eigenvalue weighted by molar-refractivity contribution is 0.0159. The van der Waals surface area contributed by atoms with E-state index in [0.29, 0.717) is 17.7 Å². The van der Waals surface area contributed by atoms with E-state index in [0.717, 1.165) is 18.4 Å². The minimum atomic E-state index is -3.52. The van der Waals surface area contributed by atoms with Crippen LogP contribution in [0.15, 0.2) is 41.8 Å². The standard InChI is InChI=1S/C16H21NO3S/c1-3-10-16(18)11-4-5-14-15(16)17(14)21(19,20)13-8-6-12(2)7-9-13/h3,6-9,14-15,18H,1,4-5,10-11H2,2H3/t14-,15-,16+,17?/m0/s1. The van der Waals surface area contributed by atoms with Crippen molar-refractivity contribution >= 4 is 10.0 Å². The Kier molecular flexibility index (Phi) is 3.47. The summed E-state index contributed by atoms with van der Waals surface area (Å²) in [4.78, 5) is 0.309. The summed E-state index contributed by atoms with van der Waals surface area (Å²) in [6.07, 6.45) is 4.44. The molecule has 0 bridgehead atoms. The van der Waals surface area contributed by atoms with Crippen molar-refractivity contribution in [3.05, 3.63) is 42.5 Å². The first-order chi connectivity index (χ1) is 9.90. The van der Waals surface area contributed by atoms with Gasteiger partial charge in [-0.2, -0.15) is 4.31 Å². The maximum absolute atomic E-state index is 12.8. The molecule has 0 aromatic heterocycles. The Morgan fingerprint density at radius 1 is 1.43 bits per heavy atom. The van der Waals surface area contributed by atoms with Gasteiger partial charge >= 0.3 is 0 Å². The van der Waals surface area contributed by atoms with Crippen LogP contribution in [0.4, 0.5) is 0 Å². The van der Waals surface area contributed by atoms with E-state index in [4.69, 9.17) is 0 Å². The lowest BCUT2D eigenvalue weighted by atomic mass is 9.82. The van der Waals surface area contributed by atoms with Crippen molar-refractivity contribution in [2.45, 2.75) is 55.2 Å². The largest absolute Gasteiger partial charge is 0.388 e. The second-order valence-electron chi connectivity index (χ2n) is 6.15. The van der Waals surface area contributed by atoms with Gasteiger partial charge in [0.1, 0.15) is 0 Å². The van der Waals surface area contributed by atoms with Crippen LogP contribution >= 0.6 is 0 Å². The number of hydrogen-bond acceptors (Lipinski definition) is 3. The molecule has 3 rings (SSSR count). The number of rotatable bonds is 4. The van der Waals surface area contributed by atoms with Gasteiger partial charge in [0, 0.05) is 6.04 Å². The quantitative estimate of drug-likeness (QED) is 0.685. The van der Waals surface area contributed by atoms with Crippen LogP contribution in [0, 0.1) is 6.92 Å². The van der Waals surface area contributed by atoms with E-state index in [1.54, 1.807) is 30.3 Å².